The monoisotopic (exact) mass is 529 g/mol. The summed E-state index contributed by atoms with van der Waals surface area (Å²) < 4.78 is 6.67. The van der Waals surface area contributed by atoms with Gasteiger partial charge in [0.2, 0.25) is 0 Å². The number of halogens is 1. The van der Waals surface area contributed by atoms with E-state index in [0.29, 0.717) is 32.6 Å². The number of benzene rings is 3. The first-order valence-electron chi connectivity index (χ1n) is 10.7. The summed E-state index contributed by atoms with van der Waals surface area (Å²) in [5.41, 5.74) is 3.59. The molecule has 0 aromatic heterocycles. The van der Waals surface area contributed by atoms with Gasteiger partial charge in [-0.15, -0.1) is 0 Å². The highest BCUT2D eigenvalue weighted by Gasteiger charge is 2.37. The molecule has 0 aliphatic carbocycles. The number of nitrogens with zero attached hydrogens (tertiary/aromatic N) is 2. The van der Waals surface area contributed by atoms with Crippen molar-refractivity contribution in [1.29, 1.82) is 5.26 Å². The minimum Gasteiger partial charge on any atom is -0.488 e. The van der Waals surface area contributed by atoms with Gasteiger partial charge >= 0.3 is 6.03 Å². The van der Waals surface area contributed by atoms with E-state index in [-0.39, 0.29) is 12.2 Å². The van der Waals surface area contributed by atoms with E-state index in [1.165, 1.54) is 6.08 Å². The second kappa shape index (κ2) is 9.95. The van der Waals surface area contributed by atoms with E-state index in [0.717, 1.165) is 16.0 Å². The van der Waals surface area contributed by atoms with Crippen molar-refractivity contribution in [3.63, 3.8) is 0 Å². The van der Waals surface area contributed by atoms with E-state index in [1.807, 2.05) is 26.0 Å². The van der Waals surface area contributed by atoms with E-state index < -0.39 is 17.8 Å². The molecule has 1 aliphatic heterocycles. The second-order valence-corrected chi connectivity index (χ2v) is 8.96. The molecule has 1 fully saturated rings. The van der Waals surface area contributed by atoms with Crippen molar-refractivity contribution < 1.29 is 19.1 Å². The largest absolute Gasteiger partial charge is 0.488 e. The fourth-order valence-corrected chi connectivity index (χ4v) is 4.18. The van der Waals surface area contributed by atoms with E-state index >= 15 is 0 Å². The van der Waals surface area contributed by atoms with Gasteiger partial charge < -0.3 is 4.74 Å². The molecule has 3 aromatic carbocycles. The Labute approximate surface area is 210 Å². The number of rotatable bonds is 5. The molecule has 35 heavy (non-hydrogen) atoms. The quantitative estimate of drug-likeness (QED) is 0.362. The van der Waals surface area contributed by atoms with Crippen molar-refractivity contribution in [1.82, 2.24) is 5.32 Å². The number of carbonyl (C=O) groups is 3. The van der Waals surface area contributed by atoms with E-state index in [9.17, 15) is 19.6 Å². The van der Waals surface area contributed by atoms with Crippen LogP contribution in [0.5, 0.6) is 5.75 Å². The topological polar surface area (TPSA) is 99.5 Å². The average Bonchev–Trinajstić information content (AvgIpc) is 2.80. The number of nitrogens with one attached hydrogen (secondary N) is 1. The lowest BCUT2D eigenvalue weighted by Gasteiger charge is -2.27. The fraction of sp³-hybridized carbons (Fsp3) is 0.111. The number of imide groups is 2. The highest BCUT2D eigenvalue weighted by Crippen LogP contribution is 2.29. The van der Waals surface area contributed by atoms with Gasteiger partial charge in [-0.25, -0.2) is 9.69 Å². The van der Waals surface area contributed by atoms with Gasteiger partial charge in [-0.3, -0.25) is 14.9 Å². The Morgan fingerprint density at radius 1 is 1.03 bits per heavy atom. The first-order chi connectivity index (χ1) is 16.8. The minimum absolute atomic E-state index is 0.120. The summed E-state index contributed by atoms with van der Waals surface area (Å²) in [5, 5.41) is 11.6. The maximum absolute atomic E-state index is 13.3. The zero-order valence-corrected chi connectivity index (χ0v) is 20.5. The minimum atomic E-state index is -0.805. The molecule has 7 nitrogen and oxygen atoms in total. The summed E-state index contributed by atoms with van der Waals surface area (Å²) in [6, 6.07) is 18.9. The first-order valence-corrected chi connectivity index (χ1v) is 11.5. The van der Waals surface area contributed by atoms with E-state index in [4.69, 9.17) is 4.74 Å². The van der Waals surface area contributed by atoms with Gasteiger partial charge in [0.15, 0.2) is 0 Å². The lowest BCUT2D eigenvalue weighted by atomic mass is 10.0. The number of urea groups is 1. The molecule has 0 bridgehead atoms. The predicted molar refractivity (Wildman–Crippen MR) is 135 cm³/mol. The summed E-state index contributed by atoms with van der Waals surface area (Å²) >= 11 is 3.41. The van der Waals surface area contributed by atoms with Crippen LogP contribution in [-0.2, 0) is 16.2 Å². The molecule has 4 amide bonds. The van der Waals surface area contributed by atoms with E-state index in [2.05, 4.69) is 27.3 Å². The van der Waals surface area contributed by atoms with Crippen molar-refractivity contribution in [2.45, 2.75) is 20.5 Å². The number of hydrogen-bond donors (Lipinski definition) is 1. The van der Waals surface area contributed by atoms with Crippen LogP contribution in [-0.4, -0.2) is 17.8 Å². The Balaban J connectivity index is 1.70. The third-order valence-electron chi connectivity index (χ3n) is 5.36. The van der Waals surface area contributed by atoms with Crippen LogP contribution in [0.1, 0.15) is 27.8 Å². The third kappa shape index (κ3) is 5.15. The highest BCUT2D eigenvalue weighted by molar-refractivity contribution is 9.10. The second-order valence-electron chi connectivity index (χ2n) is 8.04. The fourth-order valence-electron chi connectivity index (χ4n) is 3.80. The smallest absolute Gasteiger partial charge is 0.335 e. The number of hydrogen-bond acceptors (Lipinski definition) is 5. The third-order valence-corrected chi connectivity index (χ3v) is 5.85. The maximum Gasteiger partial charge on any atom is 0.335 e. The molecular weight excluding hydrogens is 510 g/mol. The van der Waals surface area contributed by atoms with Crippen LogP contribution in [0.15, 0.2) is 70.7 Å². The summed E-state index contributed by atoms with van der Waals surface area (Å²) in [6.45, 7) is 3.84. The van der Waals surface area contributed by atoms with Gasteiger partial charge in [-0.1, -0.05) is 40.2 Å². The highest BCUT2D eigenvalue weighted by atomic mass is 79.9. The lowest BCUT2D eigenvalue weighted by molar-refractivity contribution is -0.122. The van der Waals surface area contributed by atoms with Crippen LogP contribution in [0.4, 0.5) is 10.5 Å². The Morgan fingerprint density at radius 2 is 1.74 bits per heavy atom. The summed E-state index contributed by atoms with van der Waals surface area (Å²) in [7, 11) is 0. The van der Waals surface area contributed by atoms with Crippen molar-refractivity contribution >= 4 is 45.5 Å². The Morgan fingerprint density at radius 3 is 2.46 bits per heavy atom. The number of anilines is 1. The summed E-state index contributed by atoms with van der Waals surface area (Å²) in [4.78, 5) is 39.5. The molecule has 8 heteroatoms. The zero-order valence-electron chi connectivity index (χ0n) is 19.0. The Bertz CT molecular complexity index is 1420. The molecule has 1 heterocycles. The Hall–Kier alpha value is -4.22. The average molecular weight is 530 g/mol. The summed E-state index contributed by atoms with van der Waals surface area (Å²) in [6.07, 6.45) is 1.40. The van der Waals surface area contributed by atoms with Crippen molar-refractivity contribution in [3.05, 3.63) is 98.5 Å². The Kier molecular flexibility index (Phi) is 6.80. The summed E-state index contributed by atoms with van der Waals surface area (Å²) in [5.74, 6) is -1.12. The number of carbonyl (C=O) groups excluding carboxylic acids is 3. The number of amides is 4. The van der Waals surface area contributed by atoms with Crippen LogP contribution in [0.25, 0.3) is 6.08 Å². The van der Waals surface area contributed by atoms with Crippen LogP contribution in [0.3, 0.4) is 0 Å². The van der Waals surface area contributed by atoms with Gasteiger partial charge in [0, 0.05) is 15.6 Å². The molecule has 3 aromatic rings. The van der Waals surface area contributed by atoms with Gasteiger partial charge in [-0.05, 0) is 67.4 Å². The van der Waals surface area contributed by atoms with Crippen molar-refractivity contribution in [2.75, 3.05) is 4.90 Å². The molecule has 0 radical (unpaired) electrons. The molecule has 4 rings (SSSR count). The van der Waals surface area contributed by atoms with Crippen LogP contribution < -0.4 is 15.0 Å². The molecule has 0 atom stereocenters. The number of ether oxygens (including phenoxy) is 1. The van der Waals surface area contributed by atoms with E-state index in [1.54, 1.807) is 48.5 Å². The van der Waals surface area contributed by atoms with Crippen molar-refractivity contribution in [3.8, 4) is 11.8 Å². The van der Waals surface area contributed by atoms with Gasteiger partial charge in [0.05, 0.1) is 17.3 Å². The van der Waals surface area contributed by atoms with Gasteiger partial charge in [-0.2, -0.15) is 5.26 Å². The van der Waals surface area contributed by atoms with Crippen molar-refractivity contribution in [2.24, 2.45) is 0 Å². The SMILES string of the molecule is Cc1cc(C)cc(N2C(=O)NC(=O)/C(=C\c3cc(Br)ccc3OCc3ccccc3C#N)C2=O)c1. The van der Waals surface area contributed by atoms with Crippen LogP contribution in [0, 0.1) is 25.2 Å². The maximum atomic E-state index is 13.3. The first kappa shape index (κ1) is 23.9. The normalized spacial score (nSPS) is 14.6. The zero-order chi connectivity index (χ0) is 25.1. The number of nitriles is 1. The number of aryl methyl sites for hydroxylation is 2. The lowest BCUT2D eigenvalue weighted by Crippen LogP contribution is -2.54. The molecule has 0 unspecified atom stereocenters. The molecule has 0 saturated carbocycles. The van der Waals surface area contributed by atoms with Crippen LogP contribution in [0.2, 0.25) is 0 Å². The molecule has 1 aliphatic rings. The van der Waals surface area contributed by atoms with Crippen LogP contribution >= 0.6 is 15.9 Å². The molecule has 174 valence electrons. The molecule has 0 spiro atoms. The molecule has 1 saturated heterocycles. The predicted octanol–water partition coefficient (Wildman–Crippen LogP) is 5.18. The molecular formula is C27H20BrN3O4. The number of barbiturate groups is 1. The van der Waals surface area contributed by atoms with Gasteiger partial charge in [0.25, 0.3) is 11.8 Å². The standard InChI is InChI=1S/C27H20BrN3O4/c1-16-9-17(2)11-22(10-16)31-26(33)23(25(32)30-27(31)34)13-20-12-21(28)7-8-24(20)35-15-19-6-4-3-5-18(19)14-29/h3-13H,15H2,1-2H3,(H,30,32,34)/b23-13+. The van der Waals surface area contributed by atoms with Gasteiger partial charge in [0.1, 0.15) is 17.9 Å². The molecule has 1 N–H and O–H groups in total.